The third-order valence-electron chi connectivity index (χ3n) is 4.60. The molecule has 1 fully saturated rings. The second kappa shape index (κ2) is 9.07. The minimum atomic E-state index is -0.472. The van der Waals surface area contributed by atoms with Crippen molar-refractivity contribution < 1.29 is 9.59 Å². The summed E-state index contributed by atoms with van der Waals surface area (Å²) in [6, 6.07) is 7.20. The average molecular weight is 351 g/mol. The molecule has 0 unspecified atom stereocenters. The second-order valence-electron chi connectivity index (χ2n) is 6.56. The van der Waals surface area contributed by atoms with Gasteiger partial charge in [0.05, 0.1) is 0 Å². The molecule has 0 spiro atoms. The molecule has 132 valence electrons. The van der Waals surface area contributed by atoms with E-state index in [9.17, 15) is 9.59 Å². The van der Waals surface area contributed by atoms with Crippen LogP contribution < -0.4 is 5.32 Å². The zero-order valence-corrected chi connectivity index (χ0v) is 15.3. The van der Waals surface area contributed by atoms with Gasteiger partial charge in [-0.1, -0.05) is 43.5 Å². The van der Waals surface area contributed by atoms with Gasteiger partial charge in [0.2, 0.25) is 11.8 Å². The highest BCUT2D eigenvalue weighted by Crippen LogP contribution is 2.19. The molecular weight excluding hydrogens is 324 g/mol. The quantitative estimate of drug-likeness (QED) is 0.810. The number of rotatable bonds is 7. The van der Waals surface area contributed by atoms with Crippen LogP contribution in [0.3, 0.4) is 0 Å². The molecule has 1 N–H and O–H groups in total. The van der Waals surface area contributed by atoms with Crippen molar-refractivity contribution in [2.45, 2.75) is 71.0 Å². The highest BCUT2D eigenvalue weighted by atomic mass is 35.5. The third kappa shape index (κ3) is 5.23. The van der Waals surface area contributed by atoms with Crippen LogP contribution in [0.1, 0.15) is 57.9 Å². The van der Waals surface area contributed by atoms with Crippen LogP contribution in [0, 0.1) is 0 Å². The van der Waals surface area contributed by atoms with Crippen molar-refractivity contribution in [3.8, 4) is 0 Å². The van der Waals surface area contributed by atoms with Gasteiger partial charge < -0.3 is 10.2 Å². The molecule has 0 heterocycles. The maximum atomic E-state index is 12.6. The number of nitrogens with zero attached hydrogens (tertiary/aromatic N) is 1. The first kappa shape index (κ1) is 18.8. The summed E-state index contributed by atoms with van der Waals surface area (Å²) in [5.74, 6) is -0.0400. The molecule has 0 radical (unpaired) electrons. The lowest BCUT2D eigenvalue weighted by Gasteiger charge is -2.29. The molecule has 1 atom stereocenters. The zero-order valence-electron chi connectivity index (χ0n) is 14.6. The van der Waals surface area contributed by atoms with Gasteiger partial charge in [0, 0.05) is 24.0 Å². The van der Waals surface area contributed by atoms with E-state index in [-0.39, 0.29) is 17.9 Å². The van der Waals surface area contributed by atoms with Crippen molar-refractivity contribution in [2.24, 2.45) is 0 Å². The van der Waals surface area contributed by atoms with Gasteiger partial charge in [-0.05, 0) is 43.9 Å². The lowest BCUT2D eigenvalue weighted by atomic mass is 10.1. The van der Waals surface area contributed by atoms with Crippen LogP contribution >= 0.6 is 11.6 Å². The Morgan fingerprint density at radius 2 is 1.88 bits per heavy atom. The summed E-state index contributed by atoms with van der Waals surface area (Å²) >= 11 is 5.92. The topological polar surface area (TPSA) is 49.4 Å². The van der Waals surface area contributed by atoms with E-state index in [4.69, 9.17) is 11.6 Å². The third-order valence-corrected chi connectivity index (χ3v) is 4.85. The SMILES string of the molecule is CCCC(=O)N(Cc1ccc(Cl)cc1)[C@@H](C)C(=O)NC1CCCC1. The van der Waals surface area contributed by atoms with Gasteiger partial charge in [0.1, 0.15) is 6.04 Å². The minimum absolute atomic E-state index is 0.0153. The Kier molecular flexibility index (Phi) is 7.10. The molecule has 4 nitrogen and oxygen atoms in total. The number of nitrogens with one attached hydrogen (secondary N) is 1. The van der Waals surface area contributed by atoms with Crippen molar-refractivity contribution in [1.29, 1.82) is 0 Å². The normalized spacial score (nSPS) is 16.0. The van der Waals surface area contributed by atoms with Crippen LogP contribution in [-0.2, 0) is 16.1 Å². The first-order chi connectivity index (χ1) is 11.5. The standard InChI is InChI=1S/C19H27ClN2O2/c1-3-6-18(23)22(13-15-9-11-16(20)12-10-15)14(2)19(24)21-17-7-4-5-8-17/h9-12,14,17H,3-8,13H2,1-2H3,(H,21,24)/t14-/m0/s1. The Hall–Kier alpha value is -1.55. The Labute approximate surface area is 149 Å². The predicted octanol–water partition coefficient (Wildman–Crippen LogP) is 3.92. The summed E-state index contributed by atoms with van der Waals surface area (Å²) < 4.78 is 0. The molecule has 5 heteroatoms. The molecule has 1 saturated carbocycles. The van der Waals surface area contributed by atoms with E-state index in [1.165, 1.54) is 12.8 Å². The smallest absolute Gasteiger partial charge is 0.242 e. The summed E-state index contributed by atoms with van der Waals surface area (Å²) in [6.07, 6.45) is 5.64. The lowest BCUT2D eigenvalue weighted by molar-refractivity contribution is -0.140. The Balaban J connectivity index is 2.06. The van der Waals surface area contributed by atoms with Gasteiger partial charge in [-0.25, -0.2) is 0 Å². The van der Waals surface area contributed by atoms with Crippen LogP contribution in [0.4, 0.5) is 0 Å². The summed E-state index contributed by atoms with van der Waals surface area (Å²) in [5, 5.41) is 3.76. The molecule has 1 aromatic rings. The van der Waals surface area contributed by atoms with E-state index in [0.29, 0.717) is 18.0 Å². The van der Waals surface area contributed by atoms with Gasteiger partial charge in [0.25, 0.3) is 0 Å². The van der Waals surface area contributed by atoms with Crippen molar-refractivity contribution >= 4 is 23.4 Å². The van der Waals surface area contributed by atoms with E-state index in [1.807, 2.05) is 38.1 Å². The molecular formula is C19H27ClN2O2. The molecule has 2 amide bonds. The maximum Gasteiger partial charge on any atom is 0.242 e. The first-order valence-electron chi connectivity index (χ1n) is 8.85. The summed E-state index contributed by atoms with van der Waals surface area (Å²) in [6.45, 7) is 4.21. The lowest BCUT2D eigenvalue weighted by Crippen LogP contribution is -2.49. The number of hydrogen-bond donors (Lipinski definition) is 1. The van der Waals surface area contributed by atoms with E-state index >= 15 is 0 Å². The van der Waals surface area contributed by atoms with Crippen molar-refractivity contribution in [1.82, 2.24) is 10.2 Å². The molecule has 2 rings (SSSR count). The van der Waals surface area contributed by atoms with E-state index in [1.54, 1.807) is 4.90 Å². The second-order valence-corrected chi connectivity index (χ2v) is 7.00. The molecule has 1 aliphatic carbocycles. The van der Waals surface area contributed by atoms with Gasteiger partial charge in [0.15, 0.2) is 0 Å². The fraction of sp³-hybridized carbons (Fsp3) is 0.579. The average Bonchev–Trinajstić information content (AvgIpc) is 3.06. The minimum Gasteiger partial charge on any atom is -0.352 e. The molecule has 24 heavy (non-hydrogen) atoms. The zero-order chi connectivity index (χ0) is 17.5. The number of hydrogen-bond acceptors (Lipinski definition) is 2. The highest BCUT2D eigenvalue weighted by molar-refractivity contribution is 6.30. The van der Waals surface area contributed by atoms with E-state index in [0.717, 1.165) is 24.8 Å². The summed E-state index contributed by atoms with van der Waals surface area (Å²) in [5.41, 5.74) is 0.976. The Morgan fingerprint density at radius 1 is 1.25 bits per heavy atom. The van der Waals surface area contributed by atoms with Crippen LogP contribution in [0.5, 0.6) is 0 Å². The molecule has 0 aromatic heterocycles. The number of amides is 2. The Bertz CT molecular complexity index is 553. The van der Waals surface area contributed by atoms with Crippen LogP contribution in [0.15, 0.2) is 24.3 Å². The molecule has 0 saturated heterocycles. The number of carbonyl (C=O) groups excluding carboxylic acids is 2. The molecule has 0 aliphatic heterocycles. The van der Waals surface area contributed by atoms with Crippen molar-refractivity contribution in [2.75, 3.05) is 0 Å². The molecule has 1 aliphatic rings. The van der Waals surface area contributed by atoms with Crippen LogP contribution in [0.2, 0.25) is 5.02 Å². The maximum absolute atomic E-state index is 12.6. The van der Waals surface area contributed by atoms with Gasteiger partial charge in [-0.3, -0.25) is 9.59 Å². The fourth-order valence-corrected chi connectivity index (χ4v) is 3.24. The molecule has 0 bridgehead atoms. The molecule has 1 aromatic carbocycles. The van der Waals surface area contributed by atoms with Gasteiger partial charge in [-0.2, -0.15) is 0 Å². The van der Waals surface area contributed by atoms with Crippen molar-refractivity contribution in [3.05, 3.63) is 34.9 Å². The number of benzene rings is 1. The fourth-order valence-electron chi connectivity index (χ4n) is 3.12. The van der Waals surface area contributed by atoms with Crippen LogP contribution in [0.25, 0.3) is 0 Å². The monoisotopic (exact) mass is 350 g/mol. The van der Waals surface area contributed by atoms with E-state index < -0.39 is 6.04 Å². The number of halogens is 1. The number of carbonyl (C=O) groups is 2. The van der Waals surface area contributed by atoms with Crippen molar-refractivity contribution in [3.63, 3.8) is 0 Å². The summed E-state index contributed by atoms with van der Waals surface area (Å²) in [4.78, 5) is 26.8. The highest BCUT2D eigenvalue weighted by Gasteiger charge is 2.27. The first-order valence-corrected chi connectivity index (χ1v) is 9.23. The van der Waals surface area contributed by atoms with Crippen LogP contribution in [-0.4, -0.2) is 28.8 Å². The van der Waals surface area contributed by atoms with Gasteiger partial charge in [-0.15, -0.1) is 0 Å². The Morgan fingerprint density at radius 3 is 2.46 bits per heavy atom. The largest absolute Gasteiger partial charge is 0.352 e. The predicted molar refractivity (Wildman–Crippen MR) is 96.8 cm³/mol. The summed E-state index contributed by atoms with van der Waals surface area (Å²) in [7, 11) is 0. The van der Waals surface area contributed by atoms with E-state index in [2.05, 4.69) is 5.32 Å². The van der Waals surface area contributed by atoms with Gasteiger partial charge >= 0.3 is 0 Å².